The number of carbonyl (C=O) groups is 1. The number of aromatic nitrogens is 4. The Morgan fingerprint density at radius 3 is 2.91 bits per heavy atom. The number of imidazole rings is 1. The van der Waals surface area contributed by atoms with Crippen molar-refractivity contribution in [1.29, 1.82) is 0 Å². The van der Waals surface area contributed by atoms with Crippen molar-refractivity contribution in [3.63, 3.8) is 0 Å². The Morgan fingerprint density at radius 2 is 2.27 bits per heavy atom. The van der Waals surface area contributed by atoms with Crippen LogP contribution in [0.2, 0.25) is 0 Å². The molecule has 0 aliphatic carbocycles. The van der Waals surface area contributed by atoms with Gasteiger partial charge in [-0.05, 0) is 13.0 Å². The van der Waals surface area contributed by atoms with Crippen molar-refractivity contribution >= 4 is 17.8 Å². The van der Waals surface area contributed by atoms with Gasteiger partial charge in [-0.3, -0.25) is 0 Å². The SMILES string of the molecule is C[C@@H](c1ccncn1)N(C)C(=O)NCCSc1nccn1C. The topological polar surface area (TPSA) is 75.9 Å². The molecule has 2 heterocycles. The van der Waals surface area contributed by atoms with Crippen LogP contribution in [0.5, 0.6) is 0 Å². The van der Waals surface area contributed by atoms with Crippen LogP contribution in [0, 0.1) is 0 Å². The van der Waals surface area contributed by atoms with Gasteiger partial charge >= 0.3 is 6.03 Å². The van der Waals surface area contributed by atoms with E-state index in [9.17, 15) is 4.79 Å². The molecule has 0 unspecified atom stereocenters. The smallest absolute Gasteiger partial charge is 0.317 e. The van der Waals surface area contributed by atoms with E-state index in [0.29, 0.717) is 6.54 Å². The van der Waals surface area contributed by atoms with Crippen molar-refractivity contribution in [2.24, 2.45) is 7.05 Å². The number of carbonyl (C=O) groups excluding carboxylic acids is 1. The Bertz CT molecular complexity index is 602. The zero-order chi connectivity index (χ0) is 15.9. The summed E-state index contributed by atoms with van der Waals surface area (Å²) in [7, 11) is 3.71. The maximum absolute atomic E-state index is 12.1. The molecule has 8 heteroatoms. The number of amides is 2. The van der Waals surface area contributed by atoms with Crippen LogP contribution < -0.4 is 5.32 Å². The maximum atomic E-state index is 12.1. The minimum Gasteiger partial charge on any atom is -0.337 e. The lowest BCUT2D eigenvalue weighted by Crippen LogP contribution is -2.39. The largest absolute Gasteiger partial charge is 0.337 e. The van der Waals surface area contributed by atoms with E-state index in [0.717, 1.165) is 16.6 Å². The van der Waals surface area contributed by atoms with Gasteiger partial charge in [0, 0.05) is 45.0 Å². The number of rotatable bonds is 6. The van der Waals surface area contributed by atoms with E-state index < -0.39 is 0 Å². The Hall–Kier alpha value is -2.09. The molecule has 2 amide bonds. The zero-order valence-corrected chi connectivity index (χ0v) is 13.7. The summed E-state index contributed by atoms with van der Waals surface area (Å²) in [6.45, 7) is 2.52. The number of nitrogens with one attached hydrogen (secondary N) is 1. The first kappa shape index (κ1) is 16.3. The Morgan fingerprint density at radius 1 is 1.45 bits per heavy atom. The third-order valence-electron chi connectivity index (χ3n) is 3.32. The lowest BCUT2D eigenvalue weighted by Gasteiger charge is -2.24. The van der Waals surface area contributed by atoms with E-state index in [4.69, 9.17) is 0 Å². The van der Waals surface area contributed by atoms with Gasteiger partial charge in [-0.25, -0.2) is 19.7 Å². The quantitative estimate of drug-likeness (QED) is 0.648. The third kappa shape index (κ3) is 4.20. The molecule has 0 aromatic carbocycles. The number of hydrogen-bond acceptors (Lipinski definition) is 5. The Labute approximate surface area is 134 Å². The van der Waals surface area contributed by atoms with Gasteiger partial charge in [-0.15, -0.1) is 0 Å². The highest BCUT2D eigenvalue weighted by atomic mass is 32.2. The minimum atomic E-state index is -0.119. The molecule has 0 aliphatic heterocycles. The number of nitrogens with zero attached hydrogens (tertiary/aromatic N) is 5. The van der Waals surface area contributed by atoms with Crippen LogP contribution in [-0.2, 0) is 7.05 Å². The Balaban J connectivity index is 1.76. The number of thioether (sulfide) groups is 1. The van der Waals surface area contributed by atoms with Crippen LogP contribution in [0.3, 0.4) is 0 Å². The van der Waals surface area contributed by atoms with E-state index in [2.05, 4.69) is 20.3 Å². The van der Waals surface area contributed by atoms with Crippen LogP contribution in [0.15, 0.2) is 36.1 Å². The van der Waals surface area contributed by atoms with Gasteiger partial charge in [0.1, 0.15) is 6.33 Å². The number of hydrogen-bond donors (Lipinski definition) is 1. The fraction of sp³-hybridized carbons (Fsp3) is 0.429. The molecule has 0 fully saturated rings. The van der Waals surface area contributed by atoms with Crippen molar-refractivity contribution in [3.8, 4) is 0 Å². The first-order valence-corrected chi connectivity index (χ1v) is 7.95. The van der Waals surface area contributed by atoms with Gasteiger partial charge in [-0.2, -0.15) is 0 Å². The average molecular weight is 320 g/mol. The van der Waals surface area contributed by atoms with E-state index in [1.54, 1.807) is 36.1 Å². The molecule has 22 heavy (non-hydrogen) atoms. The molecule has 0 saturated heterocycles. The summed E-state index contributed by atoms with van der Waals surface area (Å²) >= 11 is 1.61. The van der Waals surface area contributed by atoms with Crippen LogP contribution >= 0.6 is 11.8 Å². The molecule has 0 saturated carbocycles. The van der Waals surface area contributed by atoms with E-state index in [-0.39, 0.29) is 12.1 Å². The summed E-state index contributed by atoms with van der Waals surface area (Å²) in [4.78, 5) is 26.0. The van der Waals surface area contributed by atoms with E-state index in [1.807, 2.05) is 30.8 Å². The summed E-state index contributed by atoms with van der Waals surface area (Å²) < 4.78 is 1.95. The van der Waals surface area contributed by atoms with E-state index in [1.165, 1.54) is 6.33 Å². The van der Waals surface area contributed by atoms with Crippen LogP contribution in [-0.4, -0.2) is 49.8 Å². The average Bonchev–Trinajstić information content (AvgIpc) is 2.96. The molecule has 0 spiro atoms. The molecular formula is C14H20N6OS. The predicted octanol–water partition coefficient (Wildman–Crippen LogP) is 1.70. The van der Waals surface area contributed by atoms with Gasteiger partial charge < -0.3 is 14.8 Å². The Kier molecular flexibility index (Phi) is 5.76. The van der Waals surface area contributed by atoms with E-state index >= 15 is 0 Å². The normalized spacial score (nSPS) is 12.0. The van der Waals surface area contributed by atoms with Crippen LogP contribution in [0.4, 0.5) is 4.79 Å². The number of urea groups is 1. The first-order chi connectivity index (χ1) is 10.6. The van der Waals surface area contributed by atoms with Gasteiger partial charge in [0.2, 0.25) is 0 Å². The minimum absolute atomic E-state index is 0.106. The molecule has 2 rings (SSSR count). The van der Waals surface area contributed by atoms with Crippen molar-refractivity contribution < 1.29 is 4.79 Å². The second kappa shape index (κ2) is 7.79. The predicted molar refractivity (Wildman–Crippen MR) is 85.5 cm³/mol. The molecule has 1 atom stereocenters. The molecule has 118 valence electrons. The molecule has 0 aliphatic rings. The lowest BCUT2D eigenvalue weighted by atomic mass is 10.2. The summed E-state index contributed by atoms with van der Waals surface area (Å²) in [6, 6.07) is 1.59. The molecular weight excluding hydrogens is 300 g/mol. The van der Waals surface area contributed by atoms with Crippen molar-refractivity contribution in [2.45, 2.75) is 18.1 Å². The monoisotopic (exact) mass is 320 g/mol. The van der Waals surface area contributed by atoms with Gasteiger partial charge in [0.05, 0.1) is 11.7 Å². The van der Waals surface area contributed by atoms with Crippen LogP contribution in [0.1, 0.15) is 18.7 Å². The first-order valence-electron chi connectivity index (χ1n) is 6.96. The summed E-state index contributed by atoms with van der Waals surface area (Å²) in [5.41, 5.74) is 0.815. The lowest BCUT2D eigenvalue weighted by molar-refractivity contribution is 0.194. The molecule has 0 bridgehead atoms. The highest BCUT2D eigenvalue weighted by Gasteiger charge is 2.17. The number of aryl methyl sites for hydroxylation is 1. The highest BCUT2D eigenvalue weighted by molar-refractivity contribution is 7.99. The summed E-state index contributed by atoms with van der Waals surface area (Å²) in [6.07, 6.45) is 6.82. The molecule has 1 N–H and O–H groups in total. The second-order valence-electron chi connectivity index (χ2n) is 4.82. The van der Waals surface area contributed by atoms with Crippen LogP contribution in [0.25, 0.3) is 0 Å². The molecule has 2 aromatic rings. The molecule has 2 aromatic heterocycles. The van der Waals surface area contributed by atoms with Crippen molar-refractivity contribution in [2.75, 3.05) is 19.3 Å². The summed E-state index contributed by atoms with van der Waals surface area (Å²) in [5, 5.41) is 3.84. The zero-order valence-electron chi connectivity index (χ0n) is 12.9. The molecule has 0 radical (unpaired) electrons. The highest BCUT2D eigenvalue weighted by Crippen LogP contribution is 2.16. The standard InChI is InChI=1S/C14H20N6OS/c1-11(12-4-5-15-10-18-12)20(3)13(21)16-7-9-22-14-17-6-8-19(14)2/h4-6,8,10-11H,7,9H2,1-3H3,(H,16,21)/t11-/m0/s1. The summed E-state index contributed by atoms with van der Waals surface area (Å²) in [5.74, 6) is 0.770. The second-order valence-corrected chi connectivity index (χ2v) is 5.88. The fourth-order valence-electron chi connectivity index (χ4n) is 1.84. The molecule has 7 nitrogen and oxygen atoms in total. The maximum Gasteiger partial charge on any atom is 0.317 e. The van der Waals surface area contributed by atoms with Gasteiger partial charge in [0.15, 0.2) is 5.16 Å². The van der Waals surface area contributed by atoms with Crippen molar-refractivity contribution in [1.82, 2.24) is 29.7 Å². The fourth-order valence-corrected chi connectivity index (χ4v) is 2.62. The van der Waals surface area contributed by atoms with Gasteiger partial charge in [-0.1, -0.05) is 11.8 Å². The van der Waals surface area contributed by atoms with Gasteiger partial charge in [0.25, 0.3) is 0 Å². The third-order valence-corrected chi connectivity index (χ3v) is 4.38. The van der Waals surface area contributed by atoms with Crippen molar-refractivity contribution in [3.05, 3.63) is 36.7 Å².